The van der Waals surface area contributed by atoms with Crippen LogP contribution in [0.1, 0.15) is 5.56 Å². The SMILES string of the molecule is O=[N+]([O-])c1cc(CN2CCN(CCO)CC2)cc(Cl)c1O. The van der Waals surface area contributed by atoms with Crippen LogP contribution in [0.25, 0.3) is 0 Å². The van der Waals surface area contributed by atoms with Crippen molar-refractivity contribution in [3.8, 4) is 5.75 Å². The van der Waals surface area contributed by atoms with E-state index in [0.717, 1.165) is 26.2 Å². The fourth-order valence-electron chi connectivity index (χ4n) is 2.44. The van der Waals surface area contributed by atoms with Gasteiger partial charge in [-0.15, -0.1) is 0 Å². The number of hydrogen-bond donors (Lipinski definition) is 2. The quantitative estimate of drug-likeness (QED) is 0.624. The van der Waals surface area contributed by atoms with Gasteiger partial charge in [-0.05, 0) is 11.6 Å². The molecule has 1 saturated heterocycles. The van der Waals surface area contributed by atoms with Gasteiger partial charge in [0.2, 0.25) is 5.75 Å². The summed E-state index contributed by atoms with van der Waals surface area (Å²) < 4.78 is 0. The number of phenolic OH excluding ortho intramolecular Hbond substituents is 1. The van der Waals surface area contributed by atoms with Crippen molar-refractivity contribution in [2.75, 3.05) is 39.3 Å². The largest absolute Gasteiger partial charge is 0.501 e. The molecule has 0 unspecified atom stereocenters. The van der Waals surface area contributed by atoms with Gasteiger partial charge in [0.25, 0.3) is 0 Å². The van der Waals surface area contributed by atoms with Crippen molar-refractivity contribution in [2.45, 2.75) is 6.54 Å². The number of nitro groups is 1. The molecule has 116 valence electrons. The van der Waals surface area contributed by atoms with Crippen LogP contribution in [-0.4, -0.2) is 64.3 Å². The molecular formula is C13H18ClN3O4. The minimum atomic E-state index is -0.635. The molecule has 0 radical (unpaired) electrons. The number of benzene rings is 1. The molecule has 0 saturated carbocycles. The molecule has 2 rings (SSSR count). The maximum atomic E-state index is 10.9. The van der Waals surface area contributed by atoms with E-state index in [-0.39, 0.29) is 17.3 Å². The van der Waals surface area contributed by atoms with Crippen LogP contribution in [0.5, 0.6) is 5.75 Å². The maximum absolute atomic E-state index is 10.9. The second kappa shape index (κ2) is 7.04. The van der Waals surface area contributed by atoms with E-state index in [1.165, 1.54) is 6.07 Å². The summed E-state index contributed by atoms with van der Waals surface area (Å²) in [5.41, 5.74) is 0.344. The fraction of sp³-hybridized carbons (Fsp3) is 0.538. The van der Waals surface area contributed by atoms with Crippen molar-refractivity contribution in [1.82, 2.24) is 9.80 Å². The number of hydrogen-bond acceptors (Lipinski definition) is 6. The van der Waals surface area contributed by atoms with E-state index in [9.17, 15) is 15.2 Å². The van der Waals surface area contributed by atoms with E-state index in [4.69, 9.17) is 16.7 Å². The van der Waals surface area contributed by atoms with Crippen LogP contribution < -0.4 is 0 Å². The summed E-state index contributed by atoms with van der Waals surface area (Å²) in [6, 6.07) is 2.92. The Balaban J connectivity index is 2.02. The van der Waals surface area contributed by atoms with Crippen molar-refractivity contribution >= 4 is 17.3 Å². The summed E-state index contributed by atoms with van der Waals surface area (Å²) in [5, 5.41) is 29.4. The molecule has 0 atom stereocenters. The van der Waals surface area contributed by atoms with Gasteiger partial charge < -0.3 is 10.2 Å². The molecule has 0 aliphatic carbocycles. The Morgan fingerprint density at radius 2 is 1.86 bits per heavy atom. The lowest BCUT2D eigenvalue weighted by Crippen LogP contribution is -2.46. The van der Waals surface area contributed by atoms with Crippen molar-refractivity contribution in [2.24, 2.45) is 0 Å². The zero-order chi connectivity index (χ0) is 15.4. The molecule has 7 nitrogen and oxygen atoms in total. The zero-order valence-electron chi connectivity index (χ0n) is 11.5. The van der Waals surface area contributed by atoms with Gasteiger partial charge in [0.1, 0.15) is 0 Å². The summed E-state index contributed by atoms with van der Waals surface area (Å²) in [4.78, 5) is 14.6. The number of β-amino-alcohol motifs (C(OH)–C–C–N with tert-alkyl or cyclic N) is 1. The van der Waals surface area contributed by atoms with Crippen LogP contribution in [0.2, 0.25) is 5.02 Å². The van der Waals surface area contributed by atoms with Crippen molar-refractivity contribution in [1.29, 1.82) is 0 Å². The molecular weight excluding hydrogens is 298 g/mol. The lowest BCUT2D eigenvalue weighted by Gasteiger charge is -2.34. The number of aliphatic hydroxyl groups excluding tert-OH is 1. The van der Waals surface area contributed by atoms with Gasteiger partial charge >= 0.3 is 5.69 Å². The molecule has 0 amide bonds. The zero-order valence-corrected chi connectivity index (χ0v) is 12.3. The van der Waals surface area contributed by atoms with E-state index in [1.807, 2.05) is 0 Å². The number of phenols is 1. The summed E-state index contributed by atoms with van der Waals surface area (Å²) in [6.45, 7) is 4.74. The van der Waals surface area contributed by atoms with Crippen LogP contribution in [0.4, 0.5) is 5.69 Å². The number of piperazine rings is 1. The number of halogens is 1. The molecule has 0 spiro atoms. The monoisotopic (exact) mass is 315 g/mol. The number of rotatable bonds is 5. The molecule has 2 N–H and O–H groups in total. The molecule has 1 aromatic rings. The molecule has 0 bridgehead atoms. The number of nitrogens with zero attached hydrogens (tertiary/aromatic N) is 3. The third kappa shape index (κ3) is 4.04. The third-order valence-electron chi connectivity index (χ3n) is 3.59. The van der Waals surface area contributed by atoms with Crippen LogP contribution in [0.15, 0.2) is 12.1 Å². The van der Waals surface area contributed by atoms with E-state index in [1.54, 1.807) is 6.07 Å². The van der Waals surface area contributed by atoms with Gasteiger partial charge in [-0.2, -0.15) is 0 Å². The molecule has 1 heterocycles. The highest BCUT2D eigenvalue weighted by molar-refractivity contribution is 6.32. The van der Waals surface area contributed by atoms with Gasteiger partial charge in [0.05, 0.1) is 16.6 Å². The van der Waals surface area contributed by atoms with Gasteiger partial charge in [0, 0.05) is 45.3 Å². The van der Waals surface area contributed by atoms with Crippen molar-refractivity contribution in [3.05, 3.63) is 32.8 Å². The maximum Gasteiger partial charge on any atom is 0.312 e. The molecule has 1 aliphatic heterocycles. The van der Waals surface area contributed by atoms with E-state index < -0.39 is 10.7 Å². The minimum Gasteiger partial charge on any atom is -0.501 e. The number of aromatic hydroxyl groups is 1. The van der Waals surface area contributed by atoms with Crippen LogP contribution in [0, 0.1) is 10.1 Å². The van der Waals surface area contributed by atoms with Gasteiger partial charge in [-0.25, -0.2) is 0 Å². The average molecular weight is 316 g/mol. The Kier molecular flexibility index (Phi) is 5.35. The first-order valence-electron chi connectivity index (χ1n) is 6.72. The highest BCUT2D eigenvalue weighted by Gasteiger charge is 2.21. The highest BCUT2D eigenvalue weighted by Crippen LogP contribution is 2.35. The van der Waals surface area contributed by atoms with E-state index in [2.05, 4.69) is 9.80 Å². The van der Waals surface area contributed by atoms with E-state index in [0.29, 0.717) is 18.7 Å². The first-order chi connectivity index (χ1) is 10.0. The molecule has 1 aliphatic rings. The lowest BCUT2D eigenvalue weighted by molar-refractivity contribution is -0.385. The Labute approximate surface area is 127 Å². The van der Waals surface area contributed by atoms with Crippen LogP contribution in [0.3, 0.4) is 0 Å². The Bertz CT molecular complexity index is 518. The summed E-state index contributed by atoms with van der Waals surface area (Å²) in [6.07, 6.45) is 0. The van der Waals surface area contributed by atoms with Crippen molar-refractivity contribution < 1.29 is 15.1 Å². The summed E-state index contributed by atoms with van der Waals surface area (Å²) in [7, 11) is 0. The van der Waals surface area contributed by atoms with Crippen LogP contribution in [-0.2, 0) is 6.54 Å². The molecule has 21 heavy (non-hydrogen) atoms. The summed E-state index contributed by atoms with van der Waals surface area (Å²) >= 11 is 5.84. The van der Waals surface area contributed by atoms with Gasteiger partial charge in [-0.3, -0.25) is 19.9 Å². The van der Waals surface area contributed by atoms with Crippen LogP contribution >= 0.6 is 11.6 Å². The number of aliphatic hydroxyl groups is 1. The molecule has 1 aromatic carbocycles. The fourth-order valence-corrected chi connectivity index (χ4v) is 2.68. The standard InChI is InChI=1S/C13H18ClN3O4/c14-11-7-10(8-12(13(11)19)17(20)21)9-16-3-1-15(2-4-16)5-6-18/h7-8,18-19H,1-6,9H2. The first kappa shape index (κ1) is 16.0. The predicted octanol–water partition coefficient (Wildman–Crippen LogP) is 1.06. The molecule has 1 fully saturated rings. The Hall–Kier alpha value is -1.41. The third-order valence-corrected chi connectivity index (χ3v) is 3.88. The molecule has 8 heteroatoms. The van der Waals surface area contributed by atoms with E-state index >= 15 is 0 Å². The normalized spacial score (nSPS) is 17.0. The highest BCUT2D eigenvalue weighted by atomic mass is 35.5. The predicted molar refractivity (Wildman–Crippen MR) is 78.6 cm³/mol. The second-order valence-electron chi connectivity index (χ2n) is 5.04. The topological polar surface area (TPSA) is 90.1 Å². The number of nitro benzene ring substituents is 1. The van der Waals surface area contributed by atoms with Crippen molar-refractivity contribution in [3.63, 3.8) is 0 Å². The Morgan fingerprint density at radius 1 is 1.24 bits per heavy atom. The Morgan fingerprint density at radius 3 is 2.43 bits per heavy atom. The minimum absolute atomic E-state index is 0.00174. The lowest BCUT2D eigenvalue weighted by atomic mass is 10.1. The molecule has 0 aromatic heterocycles. The first-order valence-corrected chi connectivity index (χ1v) is 7.10. The average Bonchev–Trinajstić information content (AvgIpc) is 2.45. The second-order valence-corrected chi connectivity index (χ2v) is 5.45. The van der Waals surface area contributed by atoms with Gasteiger partial charge in [-0.1, -0.05) is 11.6 Å². The smallest absolute Gasteiger partial charge is 0.312 e. The van der Waals surface area contributed by atoms with Gasteiger partial charge in [0.15, 0.2) is 0 Å². The summed E-state index contributed by atoms with van der Waals surface area (Å²) in [5.74, 6) is -0.488.